The number of non-ortho nitro benzene ring substituents is 1. The number of nitrogens with one attached hydrogen (secondary N) is 2. The molecule has 1 amide bonds. The largest absolute Gasteiger partial charge is 0.448 e. The van der Waals surface area contributed by atoms with Crippen LogP contribution in [0.25, 0.3) is 11.4 Å². The van der Waals surface area contributed by atoms with Crippen LogP contribution in [0, 0.1) is 10.1 Å². The lowest BCUT2D eigenvalue weighted by molar-refractivity contribution is -0.384. The highest BCUT2D eigenvalue weighted by molar-refractivity contribution is 7.09. The van der Waals surface area contributed by atoms with E-state index in [1.54, 1.807) is 12.1 Å². The molecule has 9 nitrogen and oxygen atoms in total. The minimum absolute atomic E-state index is 0.0305. The fourth-order valence-corrected chi connectivity index (χ4v) is 4.30. The lowest BCUT2D eigenvalue weighted by Gasteiger charge is -2.07. The molecule has 194 valence electrons. The first-order valence-corrected chi connectivity index (χ1v) is 13.6. The van der Waals surface area contributed by atoms with Crippen LogP contribution in [0.1, 0.15) is 96.8 Å². The predicted molar refractivity (Wildman–Crippen MR) is 140 cm³/mol. The third kappa shape index (κ3) is 12.5. The van der Waals surface area contributed by atoms with Crippen LogP contribution >= 0.6 is 11.5 Å². The zero-order chi connectivity index (χ0) is 25.1. The van der Waals surface area contributed by atoms with Gasteiger partial charge in [0.15, 0.2) is 5.82 Å². The minimum Gasteiger partial charge on any atom is -0.448 e. The number of amides is 1. The van der Waals surface area contributed by atoms with Crippen molar-refractivity contribution >= 4 is 28.4 Å². The molecule has 35 heavy (non-hydrogen) atoms. The van der Waals surface area contributed by atoms with Crippen LogP contribution in [-0.2, 0) is 4.74 Å². The lowest BCUT2D eigenvalue weighted by Crippen LogP contribution is -2.30. The molecule has 10 heteroatoms. The number of nitro groups is 1. The maximum Gasteiger partial charge on any atom is 0.426 e. The van der Waals surface area contributed by atoms with Crippen LogP contribution < -0.4 is 10.9 Å². The number of hydrogen-bond acceptors (Lipinski definition) is 8. The molecule has 0 spiro atoms. The number of hydrogen-bond donors (Lipinski definition) is 2. The van der Waals surface area contributed by atoms with Crippen molar-refractivity contribution in [2.24, 2.45) is 0 Å². The zero-order valence-electron chi connectivity index (χ0n) is 20.8. The van der Waals surface area contributed by atoms with Crippen molar-refractivity contribution in [1.29, 1.82) is 0 Å². The minimum atomic E-state index is -0.577. The molecule has 1 heterocycles. The number of rotatable bonds is 19. The maximum absolute atomic E-state index is 11.8. The van der Waals surface area contributed by atoms with Crippen LogP contribution in [0.15, 0.2) is 24.3 Å². The number of unbranched alkanes of at least 4 members (excludes halogenated alkanes) is 13. The number of nitro benzene ring substituents is 1. The molecule has 0 fully saturated rings. The summed E-state index contributed by atoms with van der Waals surface area (Å²) in [5, 5.41) is 11.3. The molecule has 0 atom stereocenters. The summed E-state index contributed by atoms with van der Waals surface area (Å²) < 4.78 is 9.34. The second-order valence-electron chi connectivity index (χ2n) is 8.71. The van der Waals surface area contributed by atoms with Gasteiger partial charge in [0, 0.05) is 29.2 Å². The Balaban J connectivity index is 1.45. The van der Waals surface area contributed by atoms with E-state index in [2.05, 4.69) is 27.1 Å². The number of carbonyl (C=O) groups excluding carboxylic acids is 1. The number of hydrazine groups is 1. The summed E-state index contributed by atoms with van der Waals surface area (Å²) in [4.78, 5) is 26.5. The Morgan fingerprint density at radius 1 is 0.971 bits per heavy atom. The van der Waals surface area contributed by atoms with Crippen molar-refractivity contribution in [2.75, 3.05) is 12.0 Å². The average molecular weight is 506 g/mol. The van der Waals surface area contributed by atoms with Crippen molar-refractivity contribution in [2.45, 2.75) is 96.8 Å². The topological polar surface area (TPSA) is 119 Å². The fraction of sp³-hybridized carbons (Fsp3) is 0.640. The Bertz CT molecular complexity index is 877. The molecule has 0 aliphatic rings. The Hall–Kier alpha value is -2.75. The Morgan fingerprint density at radius 2 is 1.57 bits per heavy atom. The maximum atomic E-state index is 11.8. The summed E-state index contributed by atoms with van der Waals surface area (Å²) in [7, 11) is 0. The van der Waals surface area contributed by atoms with Crippen LogP contribution in [0.2, 0.25) is 0 Å². The highest BCUT2D eigenvalue weighted by atomic mass is 32.1. The van der Waals surface area contributed by atoms with Crippen molar-refractivity contribution in [3.05, 3.63) is 34.4 Å². The Kier molecular flexibility index (Phi) is 14.4. The van der Waals surface area contributed by atoms with Crippen molar-refractivity contribution in [3.63, 3.8) is 0 Å². The van der Waals surface area contributed by atoms with E-state index in [4.69, 9.17) is 4.74 Å². The van der Waals surface area contributed by atoms with Crippen LogP contribution in [0.3, 0.4) is 0 Å². The van der Waals surface area contributed by atoms with E-state index >= 15 is 0 Å². The number of nitrogens with zero attached hydrogens (tertiary/aromatic N) is 3. The van der Waals surface area contributed by atoms with Gasteiger partial charge in [-0.2, -0.15) is 9.36 Å². The summed E-state index contributed by atoms with van der Waals surface area (Å²) in [6.45, 7) is 2.63. The first-order valence-electron chi connectivity index (χ1n) is 12.9. The van der Waals surface area contributed by atoms with Gasteiger partial charge in [-0.05, 0) is 6.42 Å². The van der Waals surface area contributed by atoms with Gasteiger partial charge in [-0.1, -0.05) is 103 Å². The molecule has 1 aromatic carbocycles. The molecule has 2 N–H and O–H groups in total. The van der Waals surface area contributed by atoms with Gasteiger partial charge >= 0.3 is 6.09 Å². The molecule has 0 aliphatic heterocycles. The quantitative estimate of drug-likeness (QED) is 0.114. The molecule has 0 aliphatic carbocycles. The van der Waals surface area contributed by atoms with E-state index in [0.29, 0.717) is 23.1 Å². The van der Waals surface area contributed by atoms with E-state index in [1.807, 2.05) is 0 Å². The third-order valence-corrected chi connectivity index (χ3v) is 6.37. The normalized spacial score (nSPS) is 10.8. The Labute approximate surface area is 212 Å². The SMILES string of the molecule is CCCCCCCCCCCCCCCCOC(=O)NNc1nc(-c2cccc([N+](=O)[O-])c2)ns1. The second kappa shape index (κ2) is 17.7. The number of benzene rings is 1. The molecule has 0 saturated carbocycles. The summed E-state index contributed by atoms with van der Waals surface area (Å²) in [6, 6.07) is 6.08. The van der Waals surface area contributed by atoms with E-state index in [9.17, 15) is 14.9 Å². The smallest absolute Gasteiger partial charge is 0.426 e. The van der Waals surface area contributed by atoms with Gasteiger partial charge in [0.1, 0.15) is 0 Å². The zero-order valence-corrected chi connectivity index (χ0v) is 21.6. The van der Waals surface area contributed by atoms with Crippen molar-refractivity contribution in [3.8, 4) is 11.4 Å². The molecule has 0 saturated heterocycles. The molecular formula is C25H39N5O4S. The van der Waals surface area contributed by atoms with Gasteiger partial charge in [0.25, 0.3) is 5.69 Å². The highest BCUT2D eigenvalue weighted by Gasteiger charge is 2.12. The summed E-state index contributed by atoms with van der Waals surface area (Å²) in [6.07, 6.45) is 17.4. The Morgan fingerprint density at radius 3 is 2.17 bits per heavy atom. The monoisotopic (exact) mass is 505 g/mol. The van der Waals surface area contributed by atoms with Crippen molar-refractivity contribution in [1.82, 2.24) is 14.8 Å². The van der Waals surface area contributed by atoms with E-state index < -0.39 is 11.0 Å². The molecular weight excluding hydrogens is 466 g/mol. The lowest BCUT2D eigenvalue weighted by atomic mass is 10.0. The molecule has 2 aromatic rings. The van der Waals surface area contributed by atoms with E-state index in [1.165, 1.54) is 89.2 Å². The van der Waals surface area contributed by atoms with Gasteiger partial charge < -0.3 is 4.74 Å². The molecule has 0 bridgehead atoms. The molecule has 2 rings (SSSR count). The standard InChI is InChI=1S/C25H39N5O4S/c1-2-3-4-5-6-7-8-9-10-11-12-13-14-15-19-34-25(31)28-27-24-26-23(29-35-24)21-17-16-18-22(20-21)30(32)33/h16-18,20H,2-15,19H2,1H3,(H,28,31)(H,26,27,29). The number of carbonyl (C=O) groups is 1. The third-order valence-electron chi connectivity index (χ3n) is 5.74. The number of anilines is 1. The number of ether oxygens (including phenoxy) is 1. The van der Waals surface area contributed by atoms with Gasteiger partial charge in [0.05, 0.1) is 11.5 Å². The van der Waals surface area contributed by atoms with Gasteiger partial charge in [-0.15, -0.1) is 0 Å². The van der Waals surface area contributed by atoms with Gasteiger partial charge in [-0.3, -0.25) is 15.5 Å². The molecule has 1 aromatic heterocycles. The first-order chi connectivity index (χ1) is 17.1. The van der Waals surface area contributed by atoms with E-state index in [0.717, 1.165) is 24.4 Å². The van der Waals surface area contributed by atoms with Crippen LogP contribution in [-0.4, -0.2) is 27.0 Å². The molecule has 0 radical (unpaired) electrons. The summed E-state index contributed by atoms with van der Waals surface area (Å²) in [5.74, 6) is 0.346. The number of aromatic nitrogens is 2. The van der Waals surface area contributed by atoms with Crippen LogP contribution in [0.5, 0.6) is 0 Å². The second-order valence-corrected chi connectivity index (χ2v) is 9.46. The van der Waals surface area contributed by atoms with Gasteiger partial charge in [-0.25, -0.2) is 10.2 Å². The summed E-state index contributed by atoms with van der Waals surface area (Å²) in [5.41, 5.74) is 5.59. The van der Waals surface area contributed by atoms with Gasteiger partial charge in [0.2, 0.25) is 5.13 Å². The van der Waals surface area contributed by atoms with E-state index in [-0.39, 0.29) is 5.69 Å². The van der Waals surface area contributed by atoms with Crippen LogP contribution in [0.4, 0.5) is 15.6 Å². The predicted octanol–water partition coefficient (Wildman–Crippen LogP) is 7.65. The summed E-state index contributed by atoms with van der Waals surface area (Å²) >= 11 is 1.04. The fourth-order valence-electron chi connectivity index (χ4n) is 3.75. The average Bonchev–Trinajstić information content (AvgIpc) is 3.34. The molecule has 0 unspecified atom stereocenters. The highest BCUT2D eigenvalue weighted by Crippen LogP contribution is 2.24. The van der Waals surface area contributed by atoms with Crippen molar-refractivity contribution < 1.29 is 14.5 Å². The first kappa shape index (κ1) is 28.5.